The predicted molar refractivity (Wildman–Crippen MR) is 96.7 cm³/mol. The smallest absolute Gasteiger partial charge is 0.233 e. The molecule has 2 unspecified atom stereocenters. The van der Waals surface area contributed by atoms with Crippen molar-refractivity contribution in [2.45, 2.75) is 91.9 Å². The molecule has 0 aliphatic heterocycles. The first-order valence-corrected chi connectivity index (χ1v) is 9.47. The SMILES string of the molecule is CCCCC(CC)CC(CC(CC)CCCC)(C(N)=O)C(N)=O. The van der Waals surface area contributed by atoms with Gasteiger partial charge in [-0.15, -0.1) is 0 Å². The number of amides is 2. The summed E-state index contributed by atoms with van der Waals surface area (Å²) in [4.78, 5) is 24.5. The number of carbonyl (C=O) groups excluding carboxylic acids is 2. The Morgan fingerprint density at radius 3 is 1.35 bits per heavy atom. The maximum Gasteiger partial charge on any atom is 0.233 e. The first kappa shape index (κ1) is 21.9. The molecule has 0 aliphatic rings. The zero-order chi connectivity index (χ0) is 17.9. The van der Waals surface area contributed by atoms with Crippen LogP contribution in [0.4, 0.5) is 0 Å². The average molecular weight is 327 g/mol. The molecule has 0 heterocycles. The Morgan fingerprint density at radius 2 is 1.13 bits per heavy atom. The van der Waals surface area contributed by atoms with Gasteiger partial charge in [0, 0.05) is 0 Å². The lowest BCUT2D eigenvalue weighted by Gasteiger charge is -2.34. The Hall–Kier alpha value is -1.06. The summed E-state index contributed by atoms with van der Waals surface area (Å²) in [6, 6.07) is 0. The molecule has 0 bridgehead atoms. The van der Waals surface area contributed by atoms with Gasteiger partial charge in [0.1, 0.15) is 5.41 Å². The molecule has 0 saturated carbocycles. The van der Waals surface area contributed by atoms with Gasteiger partial charge in [-0.05, 0) is 24.7 Å². The van der Waals surface area contributed by atoms with Gasteiger partial charge in [0.05, 0.1) is 0 Å². The Labute approximate surface area is 142 Å². The third-order valence-electron chi connectivity index (χ3n) is 5.30. The van der Waals surface area contributed by atoms with Gasteiger partial charge in [0.15, 0.2) is 0 Å². The highest BCUT2D eigenvalue weighted by molar-refractivity contribution is 6.03. The van der Waals surface area contributed by atoms with Crippen LogP contribution in [0, 0.1) is 17.3 Å². The number of unbranched alkanes of at least 4 members (excludes halogenated alkanes) is 2. The van der Waals surface area contributed by atoms with E-state index in [9.17, 15) is 9.59 Å². The van der Waals surface area contributed by atoms with E-state index >= 15 is 0 Å². The van der Waals surface area contributed by atoms with E-state index in [1.807, 2.05) is 0 Å². The van der Waals surface area contributed by atoms with Crippen molar-refractivity contribution in [1.29, 1.82) is 0 Å². The van der Waals surface area contributed by atoms with E-state index < -0.39 is 17.2 Å². The van der Waals surface area contributed by atoms with E-state index in [0.717, 1.165) is 51.4 Å². The number of primary amides is 2. The summed E-state index contributed by atoms with van der Waals surface area (Å²) in [6.45, 7) is 8.53. The van der Waals surface area contributed by atoms with Crippen LogP contribution in [0.15, 0.2) is 0 Å². The number of rotatable bonds is 14. The van der Waals surface area contributed by atoms with Crippen molar-refractivity contribution in [3.05, 3.63) is 0 Å². The molecule has 0 aromatic heterocycles. The molecule has 2 amide bonds. The minimum Gasteiger partial charge on any atom is -0.369 e. The summed E-state index contributed by atoms with van der Waals surface area (Å²) in [7, 11) is 0. The Bertz CT molecular complexity index is 321. The predicted octanol–water partition coefficient (Wildman–Crippen LogP) is 4.16. The van der Waals surface area contributed by atoms with Gasteiger partial charge in [-0.3, -0.25) is 9.59 Å². The molecule has 0 aliphatic carbocycles. The monoisotopic (exact) mass is 326 g/mol. The van der Waals surface area contributed by atoms with E-state index in [1.54, 1.807) is 0 Å². The molecule has 23 heavy (non-hydrogen) atoms. The van der Waals surface area contributed by atoms with Crippen molar-refractivity contribution < 1.29 is 9.59 Å². The maximum atomic E-state index is 12.2. The van der Waals surface area contributed by atoms with Gasteiger partial charge < -0.3 is 11.5 Å². The van der Waals surface area contributed by atoms with Crippen molar-refractivity contribution in [3.63, 3.8) is 0 Å². The molecular formula is C19H38N2O2. The highest BCUT2D eigenvalue weighted by atomic mass is 16.2. The molecule has 0 rings (SSSR count). The molecule has 4 heteroatoms. The molecule has 2 atom stereocenters. The van der Waals surface area contributed by atoms with Crippen LogP contribution in [0.25, 0.3) is 0 Å². The van der Waals surface area contributed by atoms with Gasteiger partial charge in [-0.1, -0.05) is 79.1 Å². The van der Waals surface area contributed by atoms with Crippen LogP contribution >= 0.6 is 0 Å². The van der Waals surface area contributed by atoms with Gasteiger partial charge in [0.2, 0.25) is 11.8 Å². The number of hydrogen-bond acceptors (Lipinski definition) is 2. The van der Waals surface area contributed by atoms with Crippen LogP contribution < -0.4 is 11.5 Å². The van der Waals surface area contributed by atoms with E-state index in [0.29, 0.717) is 24.7 Å². The first-order valence-electron chi connectivity index (χ1n) is 9.47. The molecular weight excluding hydrogens is 288 g/mol. The van der Waals surface area contributed by atoms with Gasteiger partial charge in [-0.25, -0.2) is 0 Å². The normalized spacial score (nSPS) is 14.4. The molecule has 4 N–H and O–H groups in total. The fourth-order valence-electron chi connectivity index (χ4n) is 3.48. The molecule has 0 aromatic carbocycles. The Kier molecular flexibility index (Phi) is 10.9. The van der Waals surface area contributed by atoms with Gasteiger partial charge >= 0.3 is 0 Å². The largest absolute Gasteiger partial charge is 0.369 e. The van der Waals surface area contributed by atoms with Crippen LogP contribution in [0.2, 0.25) is 0 Å². The highest BCUT2D eigenvalue weighted by Gasteiger charge is 2.45. The second-order valence-corrected chi connectivity index (χ2v) is 7.05. The third-order valence-corrected chi connectivity index (χ3v) is 5.30. The summed E-state index contributed by atoms with van der Waals surface area (Å²) in [6.07, 6.45) is 9.44. The van der Waals surface area contributed by atoms with Crippen LogP contribution in [-0.2, 0) is 9.59 Å². The first-order chi connectivity index (χ1) is 10.9. The summed E-state index contributed by atoms with van der Waals surface area (Å²) in [5.74, 6) is -0.401. The van der Waals surface area contributed by atoms with Crippen LogP contribution in [0.5, 0.6) is 0 Å². The summed E-state index contributed by atoms with van der Waals surface area (Å²) < 4.78 is 0. The average Bonchev–Trinajstić information content (AvgIpc) is 2.52. The number of carbonyl (C=O) groups is 2. The fraction of sp³-hybridized carbons (Fsp3) is 0.895. The zero-order valence-electron chi connectivity index (χ0n) is 15.7. The second-order valence-electron chi connectivity index (χ2n) is 7.05. The lowest BCUT2D eigenvalue weighted by Crippen LogP contribution is -2.50. The lowest BCUT2D eigenvalue weighted by molar-refractivity contribution is -0.142. The van der Waals surface area contributed by atoms with E-state index in [4.69, 9.17) is 11.5 Å². The van der Waals surface area contributed by atoms with E-state index in [2.05, 4.69) is 27.7 Å². The second kappa shape index (κ2) is 11.5. The number of nitrogens with two attached hydrogens (primary N) is 2. The lowest BCUT2D eigenvalue weighted by atomic mass is 9.69. The molecule has 0 spiro atoms. The Morgan fingerprint density at radius 1 is 0.783 bits per heavy atom. The maximum absolute atomic E-state index is 12.2. The Balaban J connectivity index is 5.29. The van der Waals surface area contributed by atoms with E-state index in [-0.39, 0.29) is 0 Å². The molecule has 136 valence electrons. The minimum atomic E-state index is -1.18. The van der Waals surface area contributed by atoms with Gasteiger partial charge in [-0.2, -0.15) is 0 Å². The molecule has 0 aromatic rings. The van der Waals surface area contributed by atoms with Crippen molar-refractivity contribution in [2.24, 2.45) is 28.7 Å². The van der Waals surface area contributed by atoms with Crippen molar-refractivity contribution in [3.8, 4) is 0 Å². The summed E-state index contributed by atoms with van der Waals surface area (Å²) >= 11 is 0. The topological polar surface area (TPSA) is 86.2 Å². The van der Waals surface area contributed by atoms with E-state index in [1.165, 1.54) is 0 Å². The zero-order valence-corrected chi connectivity index (χ0v) is 15.7. The van der Waals surface area contributed by atoms with Crippen LogP contribution in [0.3, 0.4) is 0 Å². The molecule has 0 saturated heterocycles. The summed E-state index contributed by atoms with van der Waals surface area (Å²) in [5.41, 5.74) is 10.2. The minimum absolute atomic E-state index is 0.332. The molecule has 4 nitrogen and oxygen atoms in total. The van der Waals surface area contributed by atoms with Crippen molar-refractivity contribution in [1.82, 2.24) is 0 Å². The quantitative estimate of drug-likeness (QED) is 0.470. The van der Waals surface area contributed by atoms with Crippen molar-refractivity contribution >= 4 is 11.8 Å². The summed E-state index contributed by atoms with van der Waals surface area (Å²) in [5, 5.41) is 0. The third kappa shape index (κ3) is 6.92. The molecule has 0 radical (unpaired) electrons. The standard InChI is InChI=1S/C19H38N2O2/c1-5-9-11-15(7-3)13-19(17(20)22,18(21)23)14-16(8-4)12-10-6-2/h15-16H,5-14H2,1-4H3,(H2,20,22)(H2,21,23). The van der Waals surface area contributed by atoms with Gasteiger partial charge in [0.25, 0.3) is 0 Å². The van der Waals surface area contributed by atoms with Crippen molar-refractivity contribution in [2.75, 3.05) is 0 Å². The molecule has 0 fully saturated rings. The highest BCUT2D eigenvalue weighted by Crippen LogP contribution is 2.38. The number of hydrogen-bond donors (Lipinski definition) is 2. The van der Waals surface area contributed by atoms with Crippen LogP contribution in [-0.4, -0.2) is 11.8 Å². The fourth-order valence-corrected chi connectivity index (χ4v) is 3.48. The van der Waals surface area contributed by atoms with Crippen LogP contribution in [0.1, 0.15) is 91.9 Å².